The van der Waals surface area contributed by atoms with Gasteiger partial charge in [-0.05, 0) is 60.2 Å². The van der Waals surface area contributed by atoms with E-state index in [0.29, 0.717) is 6.42 Å². The molecule has 256 valence electrons. The Kier molecular flexibility index (Phi) is 13.4. The summed E-state index contributed by atoms with van der Waals surface area (Å²) in [5.41, 5.74) is 0.881. The predicted molar refractivity (Wildman–Crippen MR) is 201 cm³/mol. The Balaban J connectivity index is 1.65. The number of carbonyl (C=O) groups is 4. The Hall–Kier alpha value is -4.61. The smallest absolute Gasteiger partial charge is 0.243 e. The van der Waals surface area contributed by atoms with E-state index in [-0.39, 0.29) is 36.1 Å². The van der Waals surface area contributed by atoms with Gasteiger partial charge < -0.3 is 16.0 Å². The molecule has 4 rings (SSSR count). The van der Waals surface area contributed by atoms with Crippen LogP contribution in [0.5, 0.6) is 0 Å². The van der Waals surface area contributed by atoms with Crippen LogP contribution in [0.2, 0.25) is 0 Å². The molecule has 0 spiro atoms. The summed E-state index contributed by atoms with van der Waals surface area (Å²) in [6.45, 7) is 9.13. The van der Waals surface area contributed by atoms with Gasteiger partial charge in [0, 0.05) is 13.3 Å². The van der Waals surface area contributed by atoms with Crippen LogP contribution in [-0.4, -0.2) is 47.8 Å². The summed E-state index contributed by atoms with van der Waals surface area (Å²) in [7, 11) is -2.49. The summed E-state index contributed by atoms with van der Waals surface area (Å²) in [6, 6.07) is 37.5. The molecule has 0 saturated carbocycles. The van der Waals surface area contributed by atoms with E-state index in [1.54, 1.807) is 0 Å². The van der Waals surface area contributed by atoms with Crippen molar-refractivity contribution in [2.24, 2.45) is 11.8 Å². The first kappa shape index (κ1) is 37.2. The summed E-state index contributed by atoms with van der Waals surface area (Å²) in [6.07, 6.45) is 0.949. The van der Waals surface area contributed by atoms with Crippen LogP contribution in [-0.2, 0) is 25.6 Å². The molecule has 0 bridgehead atoms. The van der Waals surface area contributed by atoms with Crippen LogP contribution in [0, 0.1) is 11.8 Å². The number of ketones is 1. The first-order valence-electron chi connectivity index (χ1n) is 17.0. The van der Waals surface area contributed by atoms with Crippen molar-refractivity contribution in [2.75, 3.05) is 6.16 Å². The highest BCUT2D eigenvalue weighted by Crippen LogP contribution is 2.55. The van der Waals surface area contributed by atoms with Gasteiger partial charge >= 0.3 is 0 Å². The Morgan fingerprint density at radius 3 is 1.43 bits per heavy atom. The maximum absolute atomic E-state index is 14.7. The van der Waals surface area contributed by atoms with Gasteiger partial charge in [0.25, 0.3) is 0 Å². The normalized spacial score (nSPS) is 13.3. The van der Waals surface area contributed by atoms with Gasteiger partial charge in [-0.15, -0.1) is 0 Å². The molecule has 0 heterocycles. The minimum Gasteiger partial charge on any atom is -0.344 e. The van der Waals surface area contributed by atoms with E-state index in [1.165, 1.54) is 6.92 Å². The molecule has 0 saturated heterocycles. The summed E-state index contributed by atoms with van der Waals surface area (Å²) in [5, 5.41) is 12.0. The van der Waals surface area contributed by atoms with Crippen molar-refractivity contribution >= 4 is 46.7 Å². The van der Waals surface area contributed by atoms with Crippen LogP contribution in [0.3, 0.4) is 0 Å². The zero-order valence-electron chi connectivity index (χ0n) is 29.1. The van der Waals surface area contributed by atoms with E-state index in [1.807, 2.05) is 113 Å². The van der Waals surface area contributed by atoms with Gasteiger partial charge in [0.15, 0.2) is 5.78 Å². The second-order valence-electron chi connectivity index (χ2n) is 13.3. The lowest BCUT2D eigenvalue weighted by Crippen LogP contribution is -2.58. The van der Waals surface area contributed by atoms with Gasteiger partial charge in [-0.1, -0.05) is 113 Å². The second kappa shape index (κ2) is 17.7. The van der Waals surface area contributed by atoms with Crippen LogP contribution >= 0.6 is 7.26 Å². The molecule has 49 heavy (non-hydrogen) atoms. The van der Waals surface area contributed by atoms with Crippen molar-refractivity contribution < 1.29 is 19.2 Å². The number of carbonyl (C=O) groups excluding carboxylic acids is 4. The van der Waals surface area contributed by atoms with Gasteiger partial charge in [-0.25, -0.2) is 0 Å². The van der Waals surface area contributed by atoms with Crippen molar-refractivity contribution in [1.29, 1.82) is 0 Å². The van der Waals surface area contributed by atoms with E-state index < -0.39 is 37.2 Å². The van der Waals surface area contributed by atoms with Crippen LogP contribution in [0.25, 0.3) is 0 Å². The molecule has 0 unspecified atom stereocenters. The number of benzene rings is 4. The number of amides is 3. The largest absolute Gasteiger partial charge is 0.344 e. The Morgan fingerprint density at radius 1 is 0.571 bits per heavy atom. The highest BCUT2D eigenvalue weighted by atomic mass is 31.2. The molecule has 0 fully saturated rings. The van der Waals surface area contributed by atoms with Crippen molar-refractivity contribution in [3.63, 3.8) is 0 Å². The number of hydrogen-bond donors (Lipinski definition) is 3. The van der Waals surface area contributed by atoms with Crippen molar-refractivity contribution in [3.05, 3.63) is 127 Å². The molecule has 3 amide bonds. The van der Waals surface area contributed by atoms with E-state index in [0.717, 1.165) is 21.5 Å². The molecule has 4 aromatic carbocycles. The van der Waals surface area contributed by atoms with Crippen LogP contribution in [0.1, 0.15) is 46.6 Å². The van der Waals surface area contributed by atoms with E-state index >= 15 is 0 Å². The molecule has 0 aliphatic carbocycles. The Bertz CT molecular complexity index is 1570. The van der Waals surface area contributed by atoms with E-state index in [2.05, 4.69) is 52.3 Å². The predicted octanol–water partition coefficient (Wildman–Crippen LogP) is 4.97. The molecule has 0 radical (unpaired) electrons. The fourth-order valence-corrected chi connectivity index (χ4v) is 10.4. The SMILES string of the molecule is CC(=O)N[C@@H](Cc1ccccc1)C(=O)N[C@H](C(=O)N[C@@H](CC(C)C)C(=O)C[P+](c1ccccc1)(c1ccccc1)c1ccccc1)C(C)C. The minimum absolute atomic E-state index is 0.0547. The van der Waals surface area contributed by atoms with Crippen molar-refractivity contribution in [2.45, 2.75) is 65.6 Å². The molecule has 7 nitrogen and oxygen atoms in total. The molecule has 8 heteroatoms. The van der Waals surface area contributed by atoms with E-state index in [9.17, 15) is 19.2 Å². The third-order valence-electron chi connectivity index (χ3n) is 8.62. The lowest BCUT2D eigenvalue weighted by Gasteiger charge is -2.30. The molecular formula is C41H49N3O4P+. The zero-order chi connectivity index (χ0) is 35.4. The first-order chi connectivity index (χ1) is 23.5. The van der Waals surface area contributed by atoms with Crippen LogP contribution < -0.4 is 31.9 Å². The summed E-state index contributed by atoms with van der Waals surface area (Å²) >= 11 is 0. The average molecular weight is 679 g/mol. The summed E-state index contributed by atoms with van der Waals surface area (Å²) in [5.74, 6) is -1.44. The monoisotopic (exact) mass is 678 g/mol. The average Bonchev–Trinajstić information content (AvgIpc) is 3.09. The van der Waals surface area contributed by atoms with Gasteiger partial charge in [-0.3, -0.25) is 19.2 Å². The summed E-state index contributed by atoms with van der Waals surface area (Å²) in [4.78, 5) is 54.3. The molecule has 0 aliphatic heterocycles. The topological polar surface area (TPSA) is 104 Å². The Labute approximate surface area is 291 Å². The highest BCUT2D eigenvalue weighted by Gasteiger charge is 2.48. The van der Waals surface area contributed by atoms with Gasteiger partial charge in [0.2, 0.25) is 17.7 Å². The highest BCUT2D eigenvalue weighted by molar-refractivity contribution is 7.96. The fourth-order valence-electron chi connectivity index (χ4n) is 6.21. The van der Waals surface area contributed by atoms with Gasteiger partial charge in [0.1, 0.15) is 41.4 Å². The van der Waals surface area contributed by atoms with Gasteiger partial charge in [0.05, 0.1) is 6.04 Å². The first-order valence-corrected chi connectivity index (χ1v) is 19.0. The molecule has 3 atom stereocenters. The standard InChI is InChI=1S/C41H48N3O4P/c1-29(2)26-36(43-41(48)39(30(3)4)44-40(47)37(42-31(5)45)27-32-18-10-6-11-19-32)38(46)28-49(33-20-12-7-13-21-33,34-22-14-8-15-23-34)35-24-16-9-17-25-35/h6-25,29-30,36-37,39H,26-28H2,1-5H3,(H2-,42,43,44,45,47,48)/p+1/t36-,37-,39-/m0/s1. The number of hydrogen-bond acceptors (Lipinski definition) is 4. The van der Waals surface area contributed by atoms with E-state index in [4.69, 9.17) is 0 Å². The lowest BCUT2D eigenvalue weighted by atomic mass is 9.98. The van der Waals surface area contributed by atoms with Crippen LogP contribution in [0.15, 0.2) is 121 Å². The summed E-state index contributed by atoms with van der Waals surface area (Å²) < 4.78 is 0. The quantitative estimate of drug-likeness (QED) is 0.146. The third-order valence-corrected chi connectivity index (χ3v) is 12.9. The molecule has 4 aromatic rings. The minimum atomic E-state index is -2.49. The Morgan fingerprint density at radius 2 is 1.02 bits per heavy atom. The van der Waals surface area contributed by atoms with Crippen molar-refractivity contribution in [1.82, 2.24) is 16.0 Å². The zero-order valence-corrected chi connectivity index (χ0v) is 30.0. The lowest BCUT2D eigenvalue weighted by molar-refractivity contribution is -0.133. The molecule has 3 N–H and O–H groups in total. The number of rotatable bonds is 16. The van der Waals surface area contributed by atoms with Crippen LogP contribution in [0.4, 0.5) is 0 Å². The third kappa shape index (κ3) is 9.96. The molecule has 0 aliphatic rings. The number of nitrogens with one attached hydrogen (secondary N) is 3. The second-order valence-corrected chi connectivity index (χ2v) is 16.8. The maximum Gasteiger partial charge on any atom is 0.243 e. The molecule has 0 aromatic heterocycles. The maximum atomic E-state index is 14.7. The fraction of sp³-hybridized carbons (Fsp3) is 0.317. The molecular weight excluding hydrogens is 629 g/mol. The van der Waals surface area contributed by atoms with Crippen molar-refractivity contribution in [3.8, 4) is 0 Å². The van der Waals surface area contributed by atoms with Gasteiger partial charge in [-0.2, -0.15) is 0 Å². The number of Topliss-reactive ketones (excluding diaryl/α,β-unsaturated/α-hetero) is 1.